The summed E-state index contributed by atoms with van der Waals surface area (Å²) in [6.07, 6.45) is 1.67. The van der Waals surface area contributed by atoms with E-state index in [4.69, 9.17) is 16.0 Å². The van der Waals surface area contributed by atoms with E-state index in [9.17, 15) is 9.59 Å². The molecule has 0 unspecified atom stereocenters. The second-order valence-electron chi connectivity index (χ2n) is 6.46. The SMILES string of the molecule is Cc1nc(N(C)C(=O)c2ccccc2Cl)oc1C(=O)Nc1nc(-c2ccccn2)cs1. The lowest BCUT2D eigenvalue weighted by molar-refractivity contribution is 0.0972. The Kier molecular flexibility index (Phi) is 5.79. The molecule has 0 saturated heterocycles. The van der Waals surface area contributed by atoms with Gasteiger partial charge in [0.05, 0.1) is 22.0 Å². The zero-order valence-corrected chi connectivity index (χ0v) is 18.1. The number of hydrogen-bond donors (Lipinski definition) is 1. The maximum absolute atomic E-state index is 12.7. The Balaban J connectivity index is 1.51. The molecule has 2 amide bonds. The van der Waals surface area contributed by atoms with Crippen molar-refractivity contribution in [3.05, 3.63) is 76.1 Å². The summed E-state index contributed by atoms with van der Waals surface area (Å²) in [5.74, 6) is -0.932. The Morgan fingerprint density at radius 2 is 1.87 bits per heavy atom. The molecule has 0 fully saturated rings. The summed E-state index contributed by atoms with van der Waals surface area (Å²) in [5, 5.41) is 5.20. The molecule has 3 aromatic heterocycles. The number of anilines is 2. The standard InChI is InChI=1S/C21H16ClN5O3S/c1-12-17(18(28)26-20-25-16(11-31-20)15-9-5-6-10-23-15)30-21(24-12)27(2)19(29)13-7-3-4-8-14(13)22/h3-11H,1-2H3,(H,25,26,28). The first-order valence-corrected chi connectivity index (χ1v) is 10.4. The zero-order chi connectivity index (χ0) is 22.0. The Bertz CT molecular complexity index is 1250. The smallest absolute Gasteiger partial charge is 0.305 e. The molecular weight excluding hydrogens is 438 g/mol. The number of nitrogens with one attached hydrogen (secondary N) is 1. The number of benzene rings is 1. The molecule has 0 aliphatic heterocycles. The van der Waals surface area contributed by atoms with Crippen LogP contribution in [0.4, 0.5) is 11.1 Å². The van der Waals surface area contributed by atoms with E-state index < -0.39 is 11.8 Å². The van der Waals surface area contributed by atoms with Crippen LogP contribution in [0.25, 0.3) is 11.4 Å². The van der Waals surface area contributed by atoms with Crippen molar-refractivity contribution in [1.29, 1.82) is 0 Å². The molecule has 31 heavy (non-hydrogen) atoms. The van der Waals surface area contributed by atoms with E-state index >= 15 is 0 Å². The van der Waals surface area contributed by atoms with Crippen molar-refractivity contribution in [3.8, 4) is 11.4 Å². The quantitative estimate of drug-likeness (QED) is 0.470. The molecule has 8 nitrogen and oxygen atoms in total. The molecule has 4 rings (SSSR count). The largest absolute Gasteiger partial charge is 0.418 e. The molecule has 0 atom stereocenters. The summed E-state index contributed by atoms with van der Waals surface area (Å²) in [6, 6.07) is 12.2. The monoisotopic (exact) mass is 453 g/mol. The zero-order valence-electron chi connectivity index (χ0n) is 16.5. The highest BCUT2D eigenvalue weighted by Gasteiger charge is 2.25. The molecule has 0 spiro atoms. The summed E-state index contributed by atoms with van der Waals surface area (Å²) < 4.78 is 5.59. The molecular formula is C21H16ClN5O3S. The maximum atomic E-state index is 12.7. The number of aryl methyl sites for hydroxylation is 1. The van der Waals surface area contributed by atoms with Gasteiger partial charge in [-0.3, -0.25) is 24.8 Å². The number of carbonyl (C=O) groups excluding carboxylic acids is 2. The van der Waals surface area contributed by atoms with E-state index in [1.807, 2.05) is 18.2 Å². The molecule has 1 N–H and O–H groups in total. The second kappa shape index (κ2) is 8.66. The van der Waals surface area contributed by atoms with Gasteiger partial charge in [-0.2, -0.15) is 4.98 Å². The number of aromatic nitrogens is 3. The number of hydrogen-bond acceptors (Lipinski definition) is 7. The van der Waals surface area contributed by atoms with Gasteiger partial charge in [0.2, 0.25) is 5.76 Å². The predicted molar refractivity (Wildman–Crippen MR) is 119 cm³/mol. The van der Waals surface area contributed by atoms with Crippen molar-refractivity contribution < 1.29 is 14.0 Å². The Morgan fingerprint density at radius 3 is 2.61 bits per heavy atom. The minimum atomic E-state index is -0.517. The van der Waals surface area contributed by atoms with E-state index in [-0.39, 0.29) is 11.8 Å². The summed E-state index contributed by atoms with van der Waals surface area (Å²) in [5.41, 5.74) is 2.00. The summed E-state index contributed by atoms with van der Waals surface area (Å²) in [6.45, 7) is 1.62. The Morgan fingerprint density at radius 1 is 1.10 bits per heavy atom. The van der Waals surface area contributed by atoms with Crippen LogP contribution in [-0.2, 0) is 0 Å². The van der Waals surface area contributed by atoms with E-state index in [1.165, 1.54) is 23.3 Å². The highest BCUT2D eigenvalue weighted by Crippen LogP contribution is 2.26. The van der Waals surface area contributed by atoms with Gasteiger partial charge in [-0.05, 0) is 31.2 Å². The third-order valence-corrected chi connectivity index (χ3v) is 5.43. The second-order valence-corrected chi connectivity index (χ2v) is 7.73. The van der Waals surface area contributed by atoms with Gasteiger partial charge in [0.15, 0.2) is 5.13 Å². The highest BCUT2D eigenvalue weighted by atomic mass is 35.5. The van der Waals surface area contributed by atoms with Crippen molar-refractivity contribution in [2.24, 2.45) is 0 Å². The average molecular weight is 454 g/mol. The van der Waals surface area contributed by atoms with E-state index in [0.29, 0.717) is 32.8 Å². The lowest BCUT2D eigenvalue weighted by Crippen LogP contribution is -2.26. The lowest BCUT2D eigenvalue weighted by atomic mass is 10.2. The van der Waals surface area contributed by atoms with Crippen LogP contribution in [0.2, 0.25) is 5.02 Å². The molecule has 156 valence electrons. The minimum absolute atomic E-state index is 0.0107. The van der Waals surface area contributed by atoms with Crippen LogP contribution in [0, 0.1) is 6.92 Å². The predicted octanol–water partition coefficient (Wildman–Crippen LogP) is 4.68. The van der Waals surface area contributed by atoms with Gasteiger partial charge in [0.1, 0.15) is 5.69 Å². The highest BCUT2D eigenvalue weighted by molar-refractivity contribution is 7.14. The molecule has 0 saturated carbocycles. The van der Waals surface area contributed by atoms with Crippen LogP contribution in [-0.4, -0.2) is 33.8 Å². The van der Waals surface area contributed by atoms with E-state index in [1.54, 1.807) is 42.8 Å². The topological polar surface area (TPSA) is 101 Å². The molecule has 1 aromatic carbocycles. The molecule has 0 aliphatic carbocycles. The van der Waals surface area contributed by atoms with Crippen LogP contribution in [0.15, 0.2) is 58.5 Å². The fraction of sp³-hybridized carbons (Fsp3) is 0.0952. The fourth-order valence-electron chi connectivity index (χ4n) is 2.76. The van der Waals surface area contributed by atoms with Crippen LogP contribution < -0.4 is 10.2 Å². The minimum Gasteiger partial charge on any atom is -0.418 e. The molecule has 0 radical (unpaired) electrons. The van der Waals surface area contributed by atoms with Crippen molar-refractivity contribution in [2.45, 2.75) is 6.92 Å². The summed E-state index contributed by atoms with van der Waals surface area (Å²) >= 11 is 7.37. The normalized spacial score (nSPS) is 10.7. The molecule has 10 heteroatoms. The van der Waals surface area contributed by atoms with Crippen LogP contribution >= 0.6 is 22.9 Å². The Labute approximate surface area is 186 Å². The van der Waals surface area contributed by atoms with Gasteiger partial charge in [-0.25, -0.2) is 4.98 Å². The van der Waals surface area contributed by atoms with Gasteiger partial charge in [0, 0.05) is 18.6 Å². The molecule has 0 bridgehead atoms. The number of pyridine rings is 1. The van der Waals surface area contributed by atoms with Crippen molar-refractivity contribution >= 4 is 45.9 Å². The van der Waals surface area contributed by atoms with Gasteiger partial charge >= 0.3 is 6.01 Å². The van der Waals surface area contributed by atoms with Crippen LogP contribution in [0.3, 0.4) is 0 Å². The lowest BCUT2D eigenvalue weighted by Gasteiger charge is -2.13. The third kappa shape index (κ3) is 4.32. The molecule has 4 aromatic rings. The summed E-state index contributed by atoms with van der Waals surface area (Å²) in [4.78, 5) is 39.4. The van der Waals surface area contributed by atoms with Crippen LogP contribution in [0.1, 0.15) is 26.6 Å². The number of nitrogens with zero attached hydrogens (tertiary/aromatic N) is 4. The first-order chi connectivity index (χ1) is 14.9. The molecule has 0 aliphatic rings. The van der Waals surface area contributed by atoms with Gasteiger partial charge in [0.25, 0.3) is 11.8 Å². The van der Waals surface area contributed by atoms with E-state index in [2.05, 4.69) is 20.3 Å². The number of carbonyl (C=O) groups is 2. The summed E-state index contributed by atoms with van der Waals surface area (Å²) in [7, 11) is 1.50. The maximum Gasteiger partial charge on any atom is 0.305 e. The van der Waals surface area contributed by atoms with Gasteiger partial charge in [-0.15, -0.1) is 11.3 Å². The van der Waals surface area contributed by atoms with Crippen molar-refractivity contribution in [1.82, 2.24) is 15.0 Å². The average Bonchev–Trinajstić information content (AvgIpc) is 3.40. The number of oxazole rings is 1. The third-order valence-electron chi connectivity index (χ3n) is 4.34. The number of amides is 2. The number of rotatable bonds is 5. The van der Waals surface area contributed by atoms with Gasteiger partial charge in [-0.1, -0.05) is 29.8 Å². The van der Waals surface area contributed by atoms with Crippen LogP contribution in [0.5, 0.6) is 0 Å². The Hall–Kier alpha value is -3.56. The molecule has 3 heterocycles. The van der Waals surface area contributed by atoms with E-state index in [0.717, 1.165) is 0 Å². The van der Waals surface area contributed by atoms with Gasteiger partial charge < -0.3 is 4.42 Å². The number of halogens is 1. The number of thiazole rings is 1. The fourth-order valence-corrected chi connectivity index (χ4v) is 3.67. The van der Waals surface area contributed by atoms with Crippen molar-refractivity contribution in [2.75, 3.05) is 17.3 Å². The first-order valence-electron chi connectivity index (χ1n) is 9.12. The first kappa shape index (κ1) is 20.7. The van der Waals surface area contributed by atoms with Crippen molar-refractivity contribution in [3.63, 3.8) is 0 Å².